The summed E-state index contributed by atoms with van der Waals surface area (Å²) >= 11 is 0. The first-order valence-corrected chi connectivity index (χ1v) is 10.0. The van der Waals surface area contributed by atoms with Crippen LogP contribution in [0.1, 0.15) is 36.7 Å². The molecule has 0 radical (unpaired) electrons. The first kappa shape index (κ1) is 18.9. The average Bonchev–Trinajstić information content (AvgIpc) is 2.55. The van der Waals surface area contributed by atoms with Crippen LogP contribution in [-0.4, -0.2) is 61.5 Å². The molecular weight excluding hydrogens is 326 g/mol. The fourth-order valence-electron chi connectivity index (χ4n) is 2.76. The fourth-order valence-corrected chi connectivity index (χ4v) is 3.85. The van der Waals surface area contributed by atoms with Gasteiger partial charge >= 0.3 is 0 Å². The van der Waals surface area contributed by atoms with Crippen LogP contribution in [0.2, 0.25) is 0 Å². The van der Waals surface area contributed by atoms with Crippen molar-refractivity contribution < 1.29 is 13.2 Å². The first-order chi connectivity index (χ1) is 11.3. The summed E-state index contributed by atoms with van der Waals surface area (Å²) in [6.45, 7) is 8.76. The minimum atomic E-state index is -3.09. The van der Waals surface area contributed by atoms with E-state index >= 15 is 0 Å². The van der Waals surface area contributed by atoms with E-state index in [1.807, 2.05) is 38.1 Å². The average molecular weight is 353 g/mol. The highest BCUT2D eigenvalue weighted by Gasteiger charge is 2.25. The summed E-state index contributed by atoms with van der Waals surface area (Å²) in [7, 11) is -3.09. The number of rotatable bonds is 6. The Balaban J connectivity index is 1.95. The van der Waals surface area contributed by atoms with Crippen molar-refractivity contribution in [2.24, 2.45) is 0 Å². The molecule has 24 heavy (non-hydrogen) atoms. The van der Waals surface area contributed by atoms with Gasteiger partial charge in [0.1, 0.15) is 0 Å². The molecule has 0 aliphatic carbocycles. The molecule has 6 nitrogen and oxygen atoms in total. The molecule has 0 unspecified atom stereocenters. The van der Waals surface area contributed by atoms with Crippen LogP contribution in [0, 0.1) is 0 Å². The lowest BCUT2D eigenvalue weighted by Gasteiger charge is -2.33. The van der Waals surface area contributed by atoms with Crippen LogP contribution < -0.4 is 5.32 Å². The fraction of sp³-hybridized carbons (Fsp3) is 0.588. The summed E-state index contributed by atoms with van der Waals surface area (Å²) in [6.07, 6.45) is 0. The number of carbonyl (C=O) groups excluding carboxylic acids is 1. The highest BCUT2D eigenvalue weighted by Crippen LogP contribution is 2.13. The maximum atomic E-state index is 12.1. The number of piperazine rings is 1. The molecule has 0 spiro atoms. The van der Waals surface area contributed by atoms with Gasteiger partial charge in [-0.15, -0.1) is 0 Å². The second-order valence-electron chi connectivity index (χ2n) is 6.40. The number of amides is 1. The Hall–Kier alpha value is -1.44. The van der Waals surface area contributed by atoms with Gasteiger partial charge in [-0.2, -0.15) is 4.31 Å². The van der Waals surface area contributed by atoms with Crippen molar-refractivity contribution in [2.75, 3.05) is 31.9 Å². The number of hydrogen-bond acceptors (Lipinski definition) is 4. The lowest BCUT2D eigenvalue weighted by atomic mass is 10.1. The largest absolute Gasteiger partial charge is 0.350 e. The number of carbonyl (C=O) groups is 1. The zero-order valence-electron chi connectivity index (χ0n) is 14.7. The van der Waals surface area contributed by atoms with E-state index in [0.29, 0.717) is 31.7 Å². The predicted octanol–water partition coefficient (Wildman–Crippen LogP) is 1.29. The number of nitrogens with zero attached hydrogens (tertiary/aromatic N) is 2. The van der Waals surface area contributed by atoms with Gasteiger partial charge in [0.05, 0.1) is 5.75 Å². The molecule has 1 aromatic rings. The van der Waals surface area contributed by atoms with E-state index < -0.39 is 10.0 Å². The Morgan fingerprint density at radius 1 is 1.21 bits per heavy atom. The van der Waals surface area contributed by atoms with Crippen LogP contribution in [0.3, 0.4) is 0 Å². The molecule has 1 aromatic carbocycles. The Morgan fingerprint density at radius 3 is 2.46 bits per heavy atom. The van der Waals surface area contributed by atoms with Crippen molar-refractivity contribution in [3.63, 3.8) is 0 Å². The van der Waals surface area contributed by atoms with E-state index in [1.54, 1.807) is 11.2 Å². The predicted molar refractivity (Wildman–Crippen MR) is 95.4 cm³/mol. The quantitative estimate of drug-likeness (QED) is 0.837. The summed E-state index contributed by atoms with van der Waals surface area (Å²) in [6, 6.07) is 7.72. The molecule has 0 aromatic heterocycles. The molecule has 0 saturated carbocycles. The third-order valence-electron chi connectivity index (χ3n) is 4.10. The molecule has 1 fully saturated rings. The summed E-state index contributed by atoms with van der Waals surface area (Å²) in [4.78, 5) is 14.3. The van der Waals surface area contributed by atoms with Gasteiger partial charge in [0.25, 0.3) is 5.91 Å². The zero-order chi connectivity index (χ0) is 17.7. The smallest absolute Gasteiger partial charge is 0.251 e. The monoisotopic (exact) mass is 353 g/mol. The Labute approximate surface area is 144 Å². The molecule has 0 bridgehead atoms. The number of benzene rings is 1. The molecule has 0 atom stereocenters. The molecule has 1 aliphatic heterocycles. The highest BCUT2D eigenvalue weighted by atomic mass is 32.2. The molecule has 7 heteroatoms. The van der Waals surface area contributed by atoms with Crippen LogP contribution in [0.5, 0.6) is 0 Å². The minimum Gasteiger partial charge on any atom is -0.350 e. The lowest BCUT2D eigenvalue weighted by Crippen LogP contribution is -2.48. The Bertz CT molecular complexity index is 665. The molecule has 1 N–H and O–H groups in total. The van der Waals surface area contributed by atoms with E-state index in [4.69, 9.17) is 0 Å². The van der Waals surface area contributed by atoms with Gasteiger partial charge in [-0.05, 0) is 38.5 Å². The molecule has 134 valence electrons. The molecule has 1 aliphatic rings. The van der Waals surface area contributed by atoms with Crippen LogP contribution in [0.25, 0.3) is 0 Å². The van der Waals surface area contributed by atoms with Crippen molar-refractivity contribution in [3.05, 3.63) is 35.4 Å². The van der Waals surface area contributed by atoms with E-state index in [0.717, 1.165) is 12.1 Å². The topological polar surface area (TPSA) is 69.7 Å². The first-order valence-electron chi connectivity index (χ1n) is 8.42. The summed E-state index contributed by atoms with van der Waals surface area (Å²) in [5.74, 6) is 0.0886. The minimum absolute atomic E-state index is 0.0642. The third-order valence-corrected chi connectivity index (χ3v) is 5.99. The van der Waals surface area contributed by atoms with Crippen molar-refractivity contribution in [1.82, 2.24) is 14.5 Å². The normalized spacial score (nSPS) is 17.2. The van der Waals surface area contributed by atoms with E-state index in [9.17, 15) is 13.2 Å². The van der Waals surface area contributed by atoms with E-state index in [1.165, 1.54) is 0 Å². The zero-order valence-corrected chi connectivity index (χ0v) is 15.5. The van der Waals surface area contributed by atoms with Gasteiger partial charge < -0.3 is 5.32 Å². The number of sulfonamides is 1. The van der Waals surface area contributed by atoms with Gasteiger partial charge in [-0.25, -0.2) is 8.42 Å². The molecule has 1 amide bonds. The van der Waals surface area contributed by atoms with Crippen LogP contribution in [0.15, 0.2) is 24.3 Å². The SMILES string of the molecule is CCS(=O)(=O)N1CCN(Cc2cccc(C(=O)NC(C)C)c2)CC1. The summed E-state index contributed by atoms with van der Waals surface area (Å²) < 4.78 is 25.3. The Morgan fingerprint density at radius 2 is 1.88 bits per heavy atom. The molecule has 2 rings (SSSR count). The second kappa shape index (κ2) is 8.09. The van der Waals surface area contributed by atoms with E-state index in [-0.39, 0.29) is 17.7 Å². The van der Waals surface area contributed by atoms with Crippen LogP contribution >= 0.6 is 0 Å². The highest BCUT2D eigenvalue weighted by molar-refractivity contribution is 7.89. The Kier molecular flexibility index (Phi) is 6.37. The van der Waals surface area contributed by atoms with Gasteiger partial charge in [0.15, 0.2) is 0 Å². The van der Waals surface area contributed by atoms with Gasteiger partial charge in [-0.3, -0.25) is 9.69 Å². The second-order valence-corrected chi connectivity index (χ2v) is 8.66. The number of hydrogen-bond donors (Lipinski definition) is 1. The van der Waals surface area contributed by atoms with Gasteiger partial charge in [0, 0.05) is 44.3 Å². The number of nitrogens with one attached hydrogen (secondary N) is 1. The third kappa shape index (κ3) is 5.03. The maximum absolute atomic E-state index is 12.1. The van der Waals surface area contributed by atoms with Gasteiger partial charge in [0.2, 0.25) is 10.0 Å². The lowest BCUT2D eigenvalue weighted by molar-refractivity contribution is 0.0943. The van der Waals surface area contributed by atoms with Crippen molar-refractivity contribution in [3.8, 4) is 0 Å². The molecule has 1 heterocycles. The van der Waals surface area contributed by atoms with Crippen molar-refractivity contribution in [2.45, 2.75) is 33.4 Å². The summed E-state index contributed by atoms with van der Waals surface area (Å²) in [5, 5.41) is 2.89. The van der Waals surface area contributed by atoms with Crippen molar-refractivity contribution in [1.29, 1.82) is 0 Å². The summed E-state index contributed by atoms with van der Waals surface area (Å²) in [5.41, 5.74) is 1.73. The van der Waals surface area contributed by atoms with Gasteiger partial charge in [-0.1, -0.05) is 12.1 Å². The van der Waals surface area contributed by atoms with Crippen LogP contribution in [0.4, 0.5) is 0 Å². The standard InChI is InChI=1S/C17H27N3O3S/c1-4-24(22,23)20-10-8-19(9-11-20)13-15-6-5-7-16(12-15)17(21)18-14(2)3/h5-7,12,14H,4,8-11,13H2,1-3H3,(H,18,21). The van der Waals surface area contributed by atoms with E-state index in [2.05, 4.69) is 10.2 Å². The molecular formula is C17H27N3O3S. The molecule has 1 saturated heterocycles. The van der Waals surface area contributed by atoms with Crippen molar-refractivity contribution >= 4 is 15.9 Å². The van der Waals surface area contributed by atoms with Crippen LogP contribution in [-0.2, 0) is 16.6 Å². The maximum Gasteiger partial charge on any atom is 0.251 e.